The summed E-state index contributed by atoms with van der Waals surface area (Å²) < 4.78 is 5.66. The number of para-hydroxylation sites is 1. The standard InChI is InChI=1S/C20H21N3O2/c1-13-16(7-9-21-13)20(24)23-19-12-25-11-15(19)10-14-6-8-22-18-5-3-2-4-17(14)18/h2-9,15,19,21H,10-12H2,1H3,(H,23,24)/t15-,19+/m1/s1. The van der Waals surface area contributed by atoms with Crippen molar-refractivity contribution in [1.29, 1.82) is 0 Å². The molecule has 128 valence electrons. The number of H-pyrrole nitrogens is 1. The molecule has 2 atom stereocenters. The van der Waals surface area contributed by atoms with Crippen LogP contribution in [0.3, 0.4) is 0 Å². The van der Waals surface area contributed by atoms with E-state index in [-0.39, 0.29) is 17.9 Å². The van der Waals surface area contributed by atoms with Gasteiger partial charge >= 0.3 is 0 Å². The van der Waals surface area contributed by atoms with Gasteiger partial charge in [0.2, 0.25) is 0 Å². The first-order chi connectivity index (χ1) is 12.2. The number of aryl methyl sites for hydroxylation is 1. The molecule has 1 aliphatic heterocycles. The number of fused-ring (bicyclic) bond motifs is 1. The Kier molecular flexibility index (Phi) is 4.24. The van der Waals surface area contributed by atoms with E-state index in [0.29, 0.717) is 18.8 Å². The number of aromatic amines is 1. The predicted octanol–water partition coefficient (Wildman–Crippen LogP) is 2.86. The average molecular weight is 335 g/mol. The van der Waals surface area contributed by atoms with Crippen LogP contribution in [0, 0.1) is 12.8 Å². The Labute approximate surface area is 146 Å². The normalized spacial score (nSPS) is 20.0. The Balaban J connectivity index is 1.52. The van der Waals surface area contributed by atoms with Crippen LogP contribution < -0.4 is 5.32 Å². The number of benzene rings is 1. The molecule has 0 unspecified atom stereocenters. The summed E-state index contributed by atoms with van der Waals surface area (Å²) in [5.74, 6) is 0.216. The van der Waals surface area contributed by atoms with E-state index in [0.717, 1.165) is 17.6 Å². The lowest BCUT2D eigenvalue weighted by atomic mass is 9.93. The summed E-state index contributed by atoms with van der Waals surface area (Å²) in [6.45, 7) is 3.12. The molecule has 0 aliphatic carbocycles. The van der Waals surface area contributed by atoms with Crippen molar-refractivity contribution in [3.05, 3.63) is 65.6 Å². The van der Waals surface area contributed by atoms with Gasteiger partial charge in [0.25, 0.3) is 5.91 Å². The summed E-state index contributed by atoms with van der Waals surface area (Å²) in [5, 5.41) is 4.31. The molecule has 4 rings (SSSR count). The summed E-state index contributed by atoms with van der Waals surface area (Å²) in [5.41, 5.74) is 3.83. The molecule has 3 heterocycles. The fourth-order valence-corrected chi connectivity index (χ4v) is 3.52. The van der Waals surface area contributed by atoms with E-state index < -0.39 is 0 Å². The van der Waals surface area contributed by atoms with Crippen molar-refractivity contribution in [1.82, 2.24) is 15.3 Å². The van der Waals surface area contributed by atoms with Crippen molar-refractivity contribution in [3.8, 4) is 0 Å². The number of carbonyl (C=O) groups is 1. The third kappa shape index (κ3) is 3.15. The minimum atomic E-state index is -0.0427. The molecule has 2 N–H and O–H groups in total. The molecule has 0 spiro atoms. The predicted molar refractivity (Wildman–Crippen MR) is 96.5 cm³/mol. The first kappa shape index (κ1) is 15.8. The van der Waals surface area contributed by atoms with Crippen LogP contribution in [0.25, 0.3) is 10.9 Å². The Hall–Kier alpha value is -2.66. The second-order valence-electron chi connectivity index (χ2n) is 6.59. The zero-order valence-electron chi connectivity index (χ0n) is 14.2. The molecule has 0 radical (unpaired) electrons. The van der Waals surface area contributed by atoms with Crippen LogP contribution in [0.1, 0.15) is 21.6 Å². The van der Waals surface area contributed by atoms with E-state index in [1.807, 2.05) is 37.4 Å². The van der Waals surface area contributed by atoms with E-state index in [4.69, 9.17) is 4.74 Å². The van der Waals surface area contributed by atoms with Crippen LogP contribution in [-0.4, -0.2) is 35.1 Å². The lowest BCUT2D eigenvalue weighted by Gasteiger charge is -2.20. The zero-order valence-corrected chi connectivity index (χ0v) is 14.2. The van der Waals surface area contributed by atoms with Gasteiger partial charge in [0.05, 0.1) is 30.3 Å². The number of pyridine rings is 1. The second kappa shape index (κ2) is 6.69. The molecule has 5 nitrogen and oxygen atoms in total. The van der Waals surface area contributed by atoms with Gasteiger partial charge in [0, 0.05) is 29.4 Å². The van der Waals surface area contributed by atoms with Crippen LogP contribution in [0.2, 0.25) is 0 Å². The average Bonchev–Trinajstić information content (AvgIpc) is 3.24. The molecule has 1 amide bonds. The van der Waals surface area contributed by atoms with Gasteiger partial charge in [0.15, 0.2) is 0 Å². The third-order valence-electron chi connectivity index (χ3n) is 4.93. The first-order valence-electron chi connectivity index (χ1n) is 8.57. The molecule has 5 heteroatoms. The van der Waals surface area contributed by atoms with Gasteiger partial charge in [-0.05, 0) is 37.1 Å². The van der Waals surface area contributed by atoms with Crippen molar-refractivity contribution in [2.45, 2.75) is 19.4 Å². The van der Waals surface area contributed by atoms with E-state index in [9.17, 15) is 4.79 Å². The highest BCUT2D eigenvalue weighted by atomic mass is 16.5. The third-order valence-corrected chi connectivity index (χ3v) is 4.93. The minimum Gasteiger partial charge on any atom is -0.379 e. The van der Waals surface area contributed by atoms with Gasteiger partial charge < -0.3 is 15.0 Å². The molecule has 1 aliphatic rings. The van der Waals surface area contributed by atoms with Crippen LogP contribution in [0.15, 0.2) is 48.8 Å². The number of carbonyl (C=O) groups excluding carboxylic acids is 1. The lowest BCUT2D eigenvalue weighted by molar-refractivity contribution is 0.0924. The van der Waals surface area contributed by atoms with Crippen molar-refractivity contribution in [2.75, 3.05) is 13.2 Å². The summed E-state index contributed by atoms with van der Waals surface area (Å²) in [7, 11) is 0. The maximum Gasteiger partial charge on any atom is 0.253 e. The number of hydrogen-bond donors (Lipinski definition) is 2. The SMILES string of the molecule is Cc1[nH]ccc1C(=O)N[C@H]1COC[C@H]1Cc1ccnc2ccccc12. The van der Waals surface area contributed by atoms with Crippen molar-refractivity contribution >= 4 is 16.8 Å². The quantitative estimate of drug-likeness (QED) is 0.770. The number of hydrogen-bond acceptors (Lipinski definition) is 3. The van der Waals surface area contributed by atoms with Crippen molar-refractivity contribution < 1.29 is 9.53 Å². The molecule has 0 saturated carbocycles. The number of nitrogens with one attached hydrogen (secondary N) is 2. The van der Waals surface area contributed by atoms with E-state index in [1.54, 1.807) is 6.20 Å². The number of amides is 1. The monoisotopic (exact) mass is 335 g/mol. The number of rotatable bonds is 4. The zero-order chi connectivity index (χ0) is 17.2. The van der Waals surface area contributed by atoms with E-state index in [2.05, 4.69) is 27.4 Å². The van der Waals surface area contributed by atoms with Crippen LogP contribution >= 0.6 is 0 Å². The molecule has 2 aromatic heterocycles. The van der Waals surface area contributed by atoms with Gasteiger partial charge in [-0.15, -0.1) is 0 Å². The summed E-state index contributed by atoms with van der Waals surface area (Å²) >= 11 is 0. The number of ether oxygens (including phenoxy) is 1. The van der Waals surface area contributed by atoms with E-state index >= 15 is 0 Å². The molecular weight excluding hydrogens is 314 g/mol. The second-order valence-corrected chi connectivity index (χ2v) is 6.59. The Morgan fingerprint density at radius 1 is 1.28 bits per heavy atom. The topological polar surface area (TPSA) is 67.0 Å². The van der Waals surface area contributed by atoms with Gasteiger partial charge in [-0.25, -0.2) is 0 Å². The van der Waals surface area contributed by atoms with Crippen LogP contribution in [0.4, 0.5) is 0 Å². The molecule has 25 heavy (non-hydrogen) atoms. The highest BCUT2D eigenvalue weighted by Gasteiger charge is 2.30. The maximum absolute atomic E-state index is 12.5. The first-order valence-corrected chi connectivity index (χ1v) is 8.57. The fraction of sp³-hybridized carbons (Fsp3) is 0.300. The number of nitrogens with zero attached hydrogens (tertiary/aromatic N) is 1. The maximum atomic E-state index is 12.5. The fourth-order valence-electron chi connectivity index (χ4n) is 3.52. The summed E-state index contributed by atoms with van der Waals surface area (Å²) in [4.78, 5) is 20.0. The highest BCUT2D eigenvalue weighted by Crippen LogP contribution is 2.24. The Morgan fingerprint density at radius 2 is 2.16 bits per heavy atom. The smallest absolute Gasteiger partial charge is 0.253 e. The molecule has 1 saturated heterocycles. The van der Waals surface area contributed by atoms with Gasteiger partial charge in [0.1, 0.15) is 0 Å². The van der Waals surface area contributed by atoms with Crippen molar-refractivity contribution in [2.24, 2.45) is 5.92 Å². The summed E-state index contributed by atoms with van der Waals surface area (Å²) in [6, 6.07) is 12.1. The minimum absolute atomic E-state index is 0.0220. The molecule has 1 fully saturated rings. The Morgan fingerprint density at radius 3 is 3.00 bits per heavy atom. The summed E-state index contributed by atoms with van der Waals surface area (Å²) in [6.07, 6.45) is 4.50. The van der Waals surface area contributed by atoms with Gasteiger partial charge in [-0.1, -0.05) is 18.2 Å². The molecule has 1 aromatic carbocycles. The van der Waals surface area contributed by atoms with E-state index in [1.165, 1.54) is 10.9 Å². The number of aromatic nitrogens is 2. The Bertz CT molecular complexity index is 897. The molecule has 0 bridgehead atoms. The van der Waals surface area contributed by atoms with Gasteiger partial charge in [-0.2, -0.15) is 0 Å². The molecule has 3 aromatic rings. The van der Waals surface area contributed by atoms with Crippen molar-refractivity contribution in [3.63, 3.8) is 0 Å². The van der Waals surface area contributed by atoms with Gasteiger partial charge in [-0.3, -0.25) is 9.78 Å². The lowest BCUT2D eigenvalue weighted by Crippen LogP contribution is -2.40. The van der Waals surface area contributed by atoms with Crippen LogP contribution in [0.5, 0.6) is 0 Å². The highest BCUT2D eigenvalue weighted by molar-refractivity contribution is 5.95. The molecular formula is C20H21N3O2. The largest absolute Gasteiger partial charge is 0.379 e. The van der Waals surface area contributed by atoms with Crippen LogP contribution in [-0.2, 0) is 11.2 Å².